The van der Waals surface area contributed by atoms with E-state index in [2.05, 4.69) is 6.58 Å². The van der Waals surface area contributed by atoms with Crippen LogP contribution in [-0.4, -0.2) is 4.92 Å². The number of nitro groups is 1. The van der Waals surface area contributed by atoms with Crippen molar-refractivity contribution in [1.29, 1.82) is 0 Å². The highest BCUT2D eigenvalue weighted by Gasteiger charge is 2.09. The molecule has 0 aliphatic heterocycles. The number of nitro benzene ring substituents is 1. The van der Waals surface area contributed by atoms with E-state index in [0.29, 0.717) is 11.4 Å². The summed E-state index contributed by atoms with van der Waals surface area (Å²) >= 11 is 5.88. The Morgan fingerprint density at radius 1 is 1.60 bits per heavy atom. The van der Waals surface area contributed by atoms with Crippen LogP contribution in [0.5, 0.6) is 0 Å². The summed E-state index contributed by atoms with van der Waals surface area (Å²) in [6.45, 7) is 5.59. The Kier molecular flexibility index (Phi) is 5.02. The third kappa shape index (κ3) is 3.72. The molecule has 15 heavy (non-hydrogen) atoms. The van der Waals surface area contributed by atoms with E-state index in [1.54, 1.807) is 0 Å². The van der Waals surface area contributed by atoms with E-state index in [1.165, 1.54) is 18.2 Å². The number of nitrogens with zero attached hydrogens (tertiary/aromatic N) is 1. The summed E-state index contributed by atoms with van der Waals surface area (Å²) in [7, 11) is 0. The highest BCUT2D eigenvalue weighted by atomic mass is 35.5. The van der Waals surface area contributed by atoms with Crippen molar-refractivity contribution in [3.05, 3.63) is 51.1 Å². The fraction of sp³-hybridized carbons (Fsp3) is 0.273. The lowest BCUT2D eigenvalue weighted by molar-refractivity contribution is -0.384. The first-order valence-electron chi connectivity index (χ1n) is 4.08. The van der Waals surface area contributed by atoms with Gasteiger partial charge in [-0.15, -0.1) is 0 Å². The van der Waals surface area contributed by atoms with Crippen LogP contribution in [0.25, 0.3) is 0 Å². The molecule has 0 aromatic heterocycles. The first-order chi connectivity index (χ1) is 6.50. The molecule has 0 aliphatic carbocycles. The van der Waals surface area contributed by atoms with Crippen LogP contribution in [0.15, 0.2) is 30.4 Å². The molecule has 0 amide bonds. The number of benzene rings is 1. The standard InChI is InChI=1S/C10H10ClNO2.CH4/c1-7(2)5-8-6-9(12(13)14)3-4-10(8)11;/h3-4,6H,1,5H2,2H3;1H4. The lowest BCUT2D eigenvalue weighted by Gasteiger charge is -2.03. The van der Waals surface area contributed by atoms with E-state index in [0.717, 1.165) is 11.1 Å². The summed E-state index contributed by atoms with van der Waals surface area (Å²) < 4.78 is 0. The maximum Gasteiger partial charge on any atom is 0.269 e. The van der Waals surface area contributed by atoms with Crippen LogP contribution in [0.4, 0.5) is 5.69 Å². The van der Waals surface area contributed by atoms with Crippen LogP contribution in [0.2, 0.25) is 5.02 Å². The summed E-state index contributed by atoms with van der Waals surface area (Å²) in [5, 5.41) is 11.0. The van der Waals surface area contributed by atoms with Crippen molar-refractivity contribution in [2.45, 2.75) is 20.8 Å². The molecule has 0 aliphatic rings. The zero-order chi connectivity index (χ0) is 10.7. The monoisotopic (exact) mass is 227 g/mol. The average Bonchev–Trinajstić information content (AvgIpc) is 2.07. The summed E-state index contributed by atoms with van der Waals surface area (Å²) in [5.74, 6) is 0. The van der Waals surface area contributed by atoms with Gasteiger partial charge in [0.1, 0.15) is 0 Å². The van der Waals surface area contributed by atoms with Crippen molar-refractivity contribution in [2.24, 2.45) is 0 Å². The van der Waals surface area contributed by atoms with E-state index in [9.17, 15) is 10.1 Å². The SMILES string of the molecule is C.C=C(C)Cc1cc([N+](=O)[O-])ccc1Cl. The predicted octanol–water partition coefficient (Wildman–Crippen LogP) is 4.00. The van der Waals surface area contributed by atoms with E-state index < -0.39 is 4.92 Å². The second-order valence-electron chi connectivity index (χ2n) is 3.17. The molecular weight excluding hydrogens is 214 g/mol. The molecule has 0 heterocycles. The minimum atomic E-state index is -0.432. The summed E-state index contributed by atoms with van der Waals surface area (Å²) in [5.41, 5.74) is 1.73. The van der Waals surface area contributed by atoms with Crippen molar-refractivity contribution >= 4 is 17.3 Å². The van der Waals surface area contributed by atoms with Crippen LogP contribution in [0, 0.1) is 10.1 Å². The van der Waals surface area contributed by atoms with Crippen LogP contribution in [0.3, 0.4) is 0 Å². The molecule has 1 rings (SSSR count). The van der Waals surface area contributed by atoms with Gasteiger partial charge in [-0.3, -0.25) is 10.1 Å². The topological polar surface area (TPSA) is 43.1 Å². The molecule has 0 saturated heterocycles. The van der Waals surface area contributed by atoms with Crippen molar-refractivity contribution in [1.82, 2.24) is 0 Å². The second-order valence-corrected chi connectivity index (χ2v) is 3.57. The molecule has 0 fully saturated rings. The van der Waals surface area contributed by atoms with Crippen LogP contribution < -0.4 is 0 Å². The molecule has 0 atom stereocenters. The van der Waals surface area contributed by atoms with E-state index >= 15 is 0 Å². The molecule has 3 nitrogen and oxygen atoms in total. The van der Waals surface area contributed by atoms with E-state index in [1.807, 2.05) is 6.92 Å². The highest BCUT2D eigenvalue weighted by Crippen LogP contribution is 2.23. The van der Waals surface area contributed by atoms with Crippen molar-refractivity contribution < 1.29 is 4.92 Å². The maximum atomic E-state index is 10.5. The third-order valence-electron chi connectivity index (χ3n) is 1.73. The van der Waals surface area contributed by atoms with Gasteiger partial charge in [0.2, 0.25) is 0 Å². The number of allylic oxidation sites excluding steroid dienone is 1. The van der Waals surface area contributed by atoms with Gasteiger partial charge in [-0.1, -0.05) is 31.2 Å². The van der Waals surface area contributed by atoms with Gasteiger partial charge in [-0.05, 0) is 25.0 Å². The number of rotatable bonds is 3. The molecule has 0 unspecified atom stereocenters. The van der Waals surface area contributed by atoms with Gasteiger partial charge >= 0.3 is 0 Å². The first kappa shape index (κ1) is 13.7. The number of halogens is 1. The fourth-order valence-corrected chi connectivity index (χ4v) is 1.32. The van der Waals surface area contributed by atoms with Crippen LogP contribution in [0.1, 0.15) is 19.9 Å². The lowest BCUT2D eigenvalue weighted by atomic mass is 10.1. The normalized spacial score (nSPS) is 9.20. The van der Waals surface area contributed by atoms with Crippen molar-refractivity contribution in [2.75, 3.05) is 0 Å². The van der Waals surface area contributed by atoms with E-state index in [-0.39, 0.29) is 13.1 Å². The zero-order valence-corrected chi connectivity index (χ0v) is 8.54. The molecule has 0 N–H and O–H groups in total. The minimum absolute atomic E-state index is 0. The van der Waals surface area contributed by atoms with Gasteiger partial charge < -0.3 is 0 Å². The lowest BCUT2D eigenvalue weighted by Crippen LogP contribution is -1.92. The van der Waals surface area contributed by atoms with Crippen LogP contribution in [-0.2, 0) is 6.42 Å². The molecular formula is C11H14ClNO2. The van der Waals surface area contributed by atoms with Gasteiger partial charge in [0.15, 0.2) is 0 Å². The van der Waals surface area contributed by atoms with Gasteiger partial charge in [0, 0.05) is 17.2 Å². The summed E-state index contributed by atoms with van der Waals surface area (Å²) in [6.07, 6.45) is 0.570. The van der Waals surface area contributed by atoms with Gasteiger partial charge in [0.25, 0.3) is 5.69 Å². The maximum absolute atomic E-state index is 10.5. The Bertz CT molecular complexity index is 388. The molecule has 0 spiro atoms. The second kappa shape index (κ2) is 5.51. The Morgan fingerprint density at radius 2 is 2.20 bits per heavy atom. The minimum Gasteiger partial charge on any atom is -0.258 e. The Hall–Kier alpha value is -1.35. The smallest absolute Gasteiger partial charge is 0.258 e. The number of non-ortho nitro benzene ring substituents is 1. The van der Waals surface area contributed by atoms with Crippen LogP contribution >= 0.6 is 11.6 Å². The molecule has 1 aromatic carbocycles. The predicted molar refractivity (Wildman–Crippen MR) is 63.4 cm³/mol. The van der Waals surface area contributed by atoms with Gasteiger partial charge in [0.05, 0.1) is 4.92 Å². The quantitative estimate of drug-likeness (QED) is 0.445. The summed E-state index contributed by atoms with van der Waals surface area (Å²) in [6, 6.07) is 4.42. The molecule has 0 radical (unpaired) electrons. The largest absolute Gasteiger partial charge is 0.269 e. The third-order valence-corrected chi connectivity index (χ3v) is 2.10. The molecule has 0 saturated carbocycles. The molecule has 4 heteroatoms. The molecule has 82 valence electrons. The number of hydrogen-bond acceptors (Lipinski definition) is 2. The van der Waals surface area contributed by atoms with Gasteiger partial charge in [-0.2, -0.15) is 0 Å². The Morgan fingerprint density at radius 3 is 2.67 bits per heavy atom. The number of hydrogen-bond donors (Lipinski definition) is 0. The van der Waals surface area contributed by atoms with Crippen molar-refractivity contribution in [3.8, 4) is 0 Å². The fourth-order valence-electron chi connectivity index (χ4n) is 1.14. The summed E-state index contributed by atoms with van der Waals surface area (Å²) in [4.78, 5) is 10.1. The zero-order valence-electron chi connectivity index (χ0n) is 7.79. The van der Waals surface area contributed by atoms with Gasteiger partial charge in [-0.25, -0.2) is 0 Å². The molecule has 0 bridgehead atoms. The Balaban J connectivity index is 0.00000196. The van der Waals surface area contributed by atoms with E-state index in [4.69, 9.17) is 11.6 Å². The molecule has 1 aromatic rings. The average molecular weight is 228 g/mol. The van der Waals surface area contributed by atoms with Crippen molar-refractivity contribution in [3.63, 3.8) is 0 Å². The highest BCUT2D eigenvalue weighted by molar-refractivity contribution is 6.31. The Labute approximate surface area is 94.5 Å². The first-order valence-corrected chi connectivity index (χ1v) is 4.45.